The van der Waals surface area contributed by atoms with Crippen molar-refractivity contribution in [2.45, 2.75) is 19.8 Å². The Kier molecular flexibility index (Phi) is 3.64. The molecule has 0 bridgehead atoms. The summed E-state index contributed by atoms with van der Waals surface area (Å²) in [6, 6.07) is 3.08. The van der Waals surface area contributed by atoms with Gasteiger partial charge in [-0.3, -0.25) is 4.79 Å². The molecule has 0 aromatic carbocycles. The lowest BCUT2D eigenvalue weighted by atomic mass is 10.3. The molecule has 0 aliphatic heterocycles. The van der Waals surface area contributed by atoms with Crippen molar-refractivity contribution in [2.75, 3.05) is 5.32 Å². The highest BCUT2D eigenvalue weighted by atomic mass is 32.1. The van der Waals surface area contributed by atoms with E-state index in [1.165, 1.54) is 6.07 Å². The van der Waals surface area contributed by atoms with Gasteiger partial charge in [0, 0.05) is 6.42 Å². The normalized spacial score (nSPS) is 9.79. The van der Waals surface area contributed by atoms with Crippen LogP contribution in [0.1, 0.15) is 29.4 Å². The Balaban J connectivity index is 2.59. The van der Waals surface area contributed by atoms with E-state index in [1.807, 2.05) is 6.92 Å². The lowest BCUT2D eigenvalue weighted by Crippen LogP contribution is -2.09. The first-order valence-corrected chi connectivity index (χ1v) is 5.08. The third-order valence-electron chi connectivity index (χ3n) is 1.56. The second kappa shape index (κ2) is 4.76. The number of thiophene rings is 1. The molecule has 1 aromatic heterocycles. The molecule has 1 amide bonds. The SMILES string of the molecule is CCCC(=O)Nc1ccc(C(=O)O)s1. The second-order valence-corrected chi connectivity index (χ2v) is 3.85. The number of carboxylic acid groups (broad SMARTS) is 1. The largest absolute Gasteiger partial charge is 0.477 e. The van der Waals surface area contributed by atoms with Crippen LogP contribution in [0.2, 0.25) is 0 Å². The van der Waals surface area contributed by atoms with Gasteiger partial charge in [0.25, 0.3) is 0 Å². The number of nitrogens with one attached hydrogen (secondary N) is 1. The second-order valence-electron chi connectivity index (χ2n) is 2.77. The summed E-state index contributed by atoms with van der Waals surface area (Å²) in [4.78, 5) is 21.9. The van der Waals surface area contributed by atoms with E-state index < -0.39 is 5.97 Å². The minimum Gasteiger partial charge on any atom is -0.477 e. The number of hydrogen-bond acceptors (Lipinski definition) is 3. The number of aromatic carboxylic acids is 1. The standard InChI is InChI=1S/C9H11NO3S/c1-2-3-7(11)10-8-5-4-6(14-8)9(12)13/h4-5H,2-3H2,1H3,(H,10,11)(H,12,13). The Morgan fingerprint density at radius 3 is 2.71 bits per heavy atom. The van der Waals surface area contributed by atoms with E-state index in [4.69, 9.17) is 5.11 Å². The molecule has 0 fully saturated rings. The van der Waals surface area contributed by atoms with Gasteiger partial charge < -0.3 is 10.4 Å². The van der Waals surface area contributed by atoms with Gasteiger partial charge in [-0.2, -0.15) is 0 Å². The number of carboxylic acids is 1. The average Bonchev–Trinajstić information content (AvgIpc) is 2.53. The Morgan fingerprint density at radius 1 is 1.50 bits per heavy atom. The van der Waals surface area contributed by atoms with Crippen molar-refractivity contribution < 1.29 is 14.7 Å². The fourth-order valence-corrected chi connectivity index (χ4v) is 1.71. The molecule has 5 heteroatoms. The van der Waals surface area contributed by atoms with Crippen molar-refractivity contribution in [1.29, 1.82) is 0 Å². The first-order chi connectivity index (χ1) is 6.63. The minimum absolute atomic E-state index is 0.0775. The van der Waals surface area contributed by atoms with Gasteiger partial charge in [0.15, 0.2) is 0 Å². The molecule has 1 rings (SSSR count). The molecular formula is C9H11NO3S. The summed E-state index contributed by atoms with van der Waals surface area (Å²) in [6.45, 7) is 1.91. The summed E-state index contributed by atoms with van der Waals surface area (Å²) < 4.78 is 0. The molecule has 0 spiro atoms. The smallest absolute Gasteiger partial charge is 0.345 e. The van der Waals surface area contributed by atoms with E-state index in [0.29, 0.717) is 11.4 Å². The first-order valence-electron chi connectivity index (χ1n) is 4.26. The van der Waals surface area contributed by atoms with Crippen LogP contribution >= 0.6 is 11.3 Å². The van der Waals surface area contributed by atoms with E-state index >= 15 is 0 Å². The van der Waals surface area contributed by atoms with Crippen molar-refractivity contribution in [3.63, 3.8) is 0 Å². The van der Waals surface area contributed by atoms with Crippen LogP contribution in [0.15, 0.2) is 12.1 Å². The van der Waals surface area contributed by atoms with Gasteiger partial charge in [0.2, 0.25) is 5.91 Å². The fraction of sp³-hybridized carbons (Fsp3) is 0.333. The van der Waals surface area contributed by atoms with Crippen LogP contribution in [0.5, 0.6) is 0 Å². The number of rotatable bonds is 4. The average molecular weight is 213 g/mol. The molecule has 0 aliphatic carbocycles. The molecule has 0 saturated heterocycles. The van der Waals surface area contributed by atoms with Gasteiger partial charge in [0.1, 0.15) is 4.88 Å². The lowest BCUT2D eigenvalue weighted by Gasteiger charge is -1.98. The number of carbonyl (C=O) groups excluding carboxylic acids is 1. The molecule has 1 aromatic rings. The van der Waals surface area contributed by atoms with Gasteiger partial charge >= 0.3 is 5.97 Å². The molecule has 0 radical (unpaired) electrons. The summed E-state index contributed by atoms with van der Waals surface area (Å²) in [6.07, 6.45) is 1.24. The third-order valence-corrected chi connectivity index (χ3v) is 2.55. The molecule has 1 heterocycles. The molecule has 0 aliphatic rings. The lowest BCUT2D eigenvalue weighted by molar-refractivity contribution is -0.116. The quantitative estimate of drug-likeness (QED) is 0.805. The third kappa shape index (κ3) is 2.85. The zero-order valence-electron chi connectivity index (χ0n) is 7.74. The summed E-state index contributed by atoms with van der Waals surface area (Å²) in [5, 5.41) is 11.9. The van der Waals surface area contributed by atoms with E-state index in [0.717, 1.165) is 17.8 Å². The van der Waals surface area contributed by atoms with Gasteiger partial charge in [0.05, 0.1) is 5.00 Å². The molecule has 2 N–H and O–H groups in total. The molecule has 14 heavy (non-hydrogen) atoms. The highest BCUT2D eigenvalue weighted by Gasteiger charge is 2.08. The van der Waals surface area contributed by atoms with Crippen molar-refractivity contribution in [3.8, 4) is 0 Å². The van der Waals surface area contributed by atoms with Crippen LogP contribution in [0.25, 0.3) is 0 Å². The Bertz CT molecular complexity index is 346. The number of anilines is 1. The van der Waals surface area contributed by atoms with Crippen LogP contribution in [0.4, 0.5) is 5.00 Å². The maximum atomic E-state index is 11.1. The Hall–Kier alpha value is -1.36. The highest BCUT2D eigenvalue weighted by Crippen LogP contribution is 2.21. The van der Waals surface area contributed by atoms with E-state index in [9.17, 15) is 9.59 Å². The maximum absolute atomic E-state index is 11.1. The minimum atomic E-state index is -0.967. The Labute approximate surface area is 85.6 Å². The Morgan fingerprint density at radius 2 is 2.21 bits per heavy atom. The summed E-state index contributed by atoms with van der Waals surface area (Å²) in [7, 11) is 0. The number of carbonyl (C=O) groups is 2. The summed E-state index contributed by atoms with van der Waals surface area (Å²) in [5.74, 6) is -1.04. The van der Waals surface area contributed by atoms with Gasteiger partial charge in [-0.05, 0) is 18.6 Å². The number of hydrogen-bond donors (Lipinski definition) is 2. The van der Waals surface area contributed by atoms with E-state index in [2.05, 4.69) is 5.32 Å². The molecule has 76 valence electrons. The molecular weight excluding hydrogens is 202 g/mol. The van der Waals surface area contributed by atoms with Crippen molar-refractivity contribution in [3.05, 3.63) is 17.0 Å². The number of amides is 1. The van der Waals surface area contributed by atoms with E-state index in [1.54, 1.807) is 6.07 Å². The monoisotopic (exact) mass is 213 g/mol. The molecule has 0 unspecified atom stereocenters. The summed E-state index contributed by atoms with van der Waals surface area (Å²) in [5.41, 5.74) is 0. The zero-order valence-corrected chi connectivity index (χ0v) is 8.56. The van der Waals surface area contributed by atoms with Gasteiger partial charge in [-0.15, -0.1) is 11.3 Å². The highest BCUT2D eigenvalue weighted by molar-refractivity contribution is 7.18. The predicted octanol–water partition coefficient (Wildman–Crippen LogP) is 2.18. The van der Waals surface area contributed by atoms with Crippen LogP contribution in [0.3, 0.4) is 0 Å². The topological polar surface area (TPSA) is 66.4 Å². The summed E-state index contributed by atoms with van der Waals surface area (Å²) >= 11 is 1.06. The first kappa shape index (κ1) is 10.7. The van der Waals surface area contributed by atoms with Crippen molar-refractivity contribution in [1.82, 2.24) is 0 Å². The van der Waals surface area contributed by atoms with Gasteiger partial charge in [-0.25, -0.2) is 4.79 Å². The molecule has 0 saturated carbocycles. The van der Waals surface area contributed by atoms with Crippen molar-refractivity contribution >= 4 is 28.2 Å². The molecule has 0 atom stereocenters. The van der Waals surface area contributed by atoms with E-state index in [-0.39, 0.29) is 10.8 Å². The van der Waals surface area contributed by atoms with Crippen molar-refractivity contribution in [2.24, 2.45) is 0 Å². The zero-order chi connectivity index (χ0) is 10.6. The van der Waals surface area contributed by atoms with Gasteiger partial charge in [-0.1, -0.05) is 6.92 Å². The van der Waals surface area contributed by atoms with Crippen LogP contribution in [-0.4, -0.2) is 17.0 Å². The molecule has 4 nitrogen and oxygen atoms in total. The van der Waals surface area contributed by atoms with Crippen LogP contribution in [-0.2, 0) is 4.79 Å². The van der Waals surface area contributed by atoms with Crippen LogP contribution < -0.4 is 5.32 Å². The predicted molar refractivity (Wildman–Crippen MR) is 54.8 cm³/mol. The van der Waals surface area contributed by atoms with Crippen LogP contribution in [0, 0.1) is 0 Å². The fourth-order valence-electron chi connectivity index (χ4n) is 0.947. The maximum Gasteiger partial charge on any atom is 0.345 e.